The summed E-state index contributed by atoms with van der Waals surface area (Å²) in [6, 6.07) is 6.78. The van der Waals surface area contributed by atoms with Crippen LogP contribution in [0.4, 0.5) is 13.2 Å². The van der Waals surface area contributed by atoms with Crippen molar-refractivity contribution >= 4 is 11.3 Å². The fourth-order valence-electron chi connectivity index (χ4n) is 1.53. The van der Waals surface area contributed by atoms with Crippen molar-refractivity contribution < 1.29 is 22.6 Å². The summed E-state index contributed by atoms with van der Waals surface area (Å²) in [6.07, 6.45) is -2.48. The number of thiophene rings is 1. The number of hydrogen-bond donors (Lipinski definition) is 0. The van der Waals surface area contributed by atoms with E-state index in [4.69, 9.17) is 9.47 Å². The van der Waals surface area contributed by atoms with Gasteiger partial charge in [-0.2, -0.15) is 0 Å². The van der Waals surface area contributed by atoms with Crippen LogP contribution in [0.2, 0.25) is 0 Å². The molecule has 2 nitrogen and oxygen atoms in total. The van der Waals surface area contributed by atoms with Crippen molar-refractivity contribution in [2.45, 2.75) is 6.43 Å². The average molecular weight is 312 g/mol. The maximum absolute atomic E-state index is 13.0. The predicted octanol–water partition coefficient (Wildman–Crippen LogP) is 4.26. The molecule has 0 bridgehead atoms. The van der Waals surface area contributed by atoms with Crippen LogP contribution in [0.1, 0.15) is 16.2 Å². The molecule has 2 rings (SSSR count). The number of rotatable bonds is 4. The lowest BCUT2D eigenvalue weighted by molar-refractivity contribution is 0.155. The third kappa shape index (κ3) is 4.17. The van der Waals surface area contributed by atoms with Crippen LogP contribution in [-0.2, 0) is 0 Å². The third-order valence-corrected chi connectivity index (χ3v) is 3.49. The maximum Gasteiger partial charge on any atom is 0.272 e. The van der Waals surface area contributed by atoms with Crippen LogP contribution in [0.25, 0.3) is 0 Å². The van der Waals surface area contributed by atoms with E-state index in [0.29, 0.717) is 10.6 Å². The van der Waals surface area contributed by atoms with Crippen LogP contribution in [0.5, 0.6) is 11.5 Å². The fraction of sp³-hybridized carbons (Fsp3) is 0.200. The number of benzene rings is 1. The van der Waals surface area contributed by atoms with Crippen molar-refractivity contribution in [2.24, 2.45) is 0 Å². The maximum atomic E-state index is 13.0. The van der Waals surface area contributed by atoms with Crippen molar-refractivity contribution in [3.05, 3.63) is 45.9 Å². The van der Waals surface area contributed by atoms with Gasteiger partial charge in [0.25, 0.3) is 6.43 Å². The highest BCUT2D eigenvalue weighted by Crippen LogP contribution is 2.28. The highest BCUT2D eigenvalue weighted by atomic mass is 32.1. The van der Waals surface area contributed by atoms with Gasteiger partial charge >= 0.3 is 0 Å². The van der Waals surface area contributed by atoms with E-state index in [0.717, 1.165) is 11.3 Å². The molecule has 110 valence electrons. The van der Waals surface area contributed by atoms with Crippen molar-refractivity contribution in [3.8, 4) is 23.3 Å². The van der Waals surface area contributed by atoms with Crippen LogP contribution >= 0.6 is 11.3 Å². The molecule has 6 heteroatoms. The fourth-order valence-corrected chi connectivity index (χ4v) is 2.27. The Kier molecular flexibility index (Phi) is 5.12. The van der Waals surface area contributed by atoms with Gasteiger partial charge in [-0.1, -0.05) is 11.8 Å². The lowest BCUT2D eigenvalue weighted by Gasteiger charge is -2.07. The van der Waals surface area contributed by atoms with E-state index >= 15 is 0 Å². The largest absolute Gasteiger partial charge is 0.493 e. The Hall–Kier alpha value is -2.13. The molecule has 0 amide bonds. The van der Waals surface area contributed by atoms with Crippen LogP contribution in [-0.4, -0.2) is 13.7 Å². The molecule has 1 aromatic carbocycles. The van der Waals surface area contributed by atoms with Gasteiger partial charge in [0.15, 0.2) is 11.5 Å². The summed E-state index contributed by atoms with van der Waals surface area (Å²) in [5.41, 5.74) is 0. The first kappa shape index (κ1) is 15.3. The molecule has 0 fully saturated rings. The number of ether oxygens (including phenoxy) is 2. The number of halogens is 3. The first-order chi connectivity index (χ1) is 10.1. The Balaban J connectivity index is 1.97. The second-order valence-electron chi connectivity index (χ2n) is 3.89. The minimum Gasteiger partial charge on any atom is -0.493 e. The standard InChI is InChI=1S/C15H11F3O2S/c1-19-13-9-10(16)4-6-12(13)20-8-2-3-11-5-7-14(21-11)15(17)18/h4-7,9,15H,8H2,1H3. The average Bonchev–Trinajstić information content (AvgIpc) is 2.93. The van der Waals surface area contributed by atoms with Crippen LogP contribution in [0.3, 0.4) is 0 Å². The van der Waals surface area contributed by atoms with Gasteiger partial charge in [0.05, 0.1) is 16.9 Å². The summed E-state index contributed by atoms with van der Waals surface area (Å²) in [4.78, 5) is 0.528. The molecule has 1 aromatic heterocycles. The van der Waals surface area contributed by atoms with Gasteiger partial charge in [-0.15, -0.1) is 11.3 Å². The minimum atomic E-state index is -2.48. The van der Waals surface area contributed by atoms with Gasteiger partial charge in [-0.3, -0.25) is 0 Å². The van der Waals surface area contributed by atoms with Crippen LogP contribution in [0.15, 0.2) is 30.3 Å². The Labute approximate surface area is 124 Å². The molecule has 0 radical (unpaired) electrons. The third-order valence-electron chi connectivity index (χ3n) is 2.48. The monoisotopic (exact) mass is 312 g/mol. The van der Waals surface area contributed by atoms with Gasteiger partial charge in [0.2, 0.25) is 0 Å². The zero-order valence-electron chi connectivity index (χ0n) is 11.0. The van der Waals surface area contributed by atoms with E-state index in [9.17, 15) is 13.2 Å². The number of hydrogen-bond acceptors (Lipinski definition) is 3. The Bertz CT molecular complexity index is 671. The molecule has 0 aliphatic heterocycles. The van der Waals surface area contributed by atoms with E-state index < -0.39 is 12.2 Å². The minimum absolute atomic E-state index is 0.0135. The zero-order chi connectivity index (χ0) is 15.2. The van der Waals surface area contributed by atoms with Gasteiger partial charge in [-0.25, -0.2) is 13.2 Å². The first-order valence-electron chi connectivity index (χ1n) is 5.93. The van der Waals surface area contributed by atoms with Crippen LogP contribution < -0.4 is 9.47 Å². The van der Waals surface area contributed by atoms with Crippen molar-refractivity contribution in [2.75, 3.05) is 13.7 Å². The molecule has 0 saturated carbocycles. The van der Waals surface area contributed by atoms with E-state index in [1.807, 2.05) is 0 Å². The highest BCUT2D eigenvalue weighted by Gasteiger charge is 2.09. The van der Waals surface area contributed by atoms with Crippen molar-refractivity contribution in [3.63, 3.8) is 0 Å². The summed E-state index contributed by atoms with van der Waals surface area (Å²) in [5.74, 6) is 5.66. The lowest BCUT2D eigenvalue weighted by atomic mass is 10.3. The van der Waals surface area contributed by atoms with E-state index in [-0.39, 0.29) is 17.2 Å². The van der Waals surface area contributed by atoms with E-state index in [2.05, 4.69) is 11.8 Å². The summed E-state index contributed by atoms with van der Waals surface area (Å²) in [6.45, 7) is 0.0455. The molecule has 0 aliphatic carbocycles. The highest BCUT2D eigenvalue weighted by molar-refractivity contribution is 7.12. The Morgan fingerprint density at radius 3 is 2.67 bits per heavy atom. The van der Waals surface area contributed by atoms with Gasteiger partial charge in [0.1, 0.15) is 12.4 Å². The quantitative estimate of drug-likeness (QED) is 0.785. The number of methoxy groups -OCH3 is 1. The smallest absolute Gasteiger partial charge is 0.272 e. The second-order valence-corrected chi connectivity index (χ2v) is 5.00. The molecule has 2 aromatic rings. The molecule has 1 heterocycles. The lowest BCUT2D eigenvalue weighted by Crippen LogP contribution is -1.97. The molecule has 0 atom stereocenters. The topological polar surface area (TPSA) is 18.5 Å². The van der Waals surface area contributed by atoms with Gasteiger partial charge in [-0.05, 0) is 24.3 Å². The van der Waals surface area contributed by atoms with Crippen molar-refractivity contribution in [1.29, 1.82) is 0 Å². The van der Waals surface area contributed by atoms with Gasteiger partial charge < -0.3 is 9.47 Å². The Morgan fingerprint density at radius 2 is 2.00 bits per heavy atom. The molecule has 0 unspecified atom stereocenters. The normalized spacial score (nSPS) is 10.1. The summed E-state index contributed by atoms with van der Waals surface area (Å²) >= 11 is 0.943. The SMILES string of the molecule is COc1cc(F)ccc1OCC#Cc1ccc(C(F)F)s1. The summed E-state index contributed by atoms with van der Waals surface area (Å²) in [5, 5.41) is 0. The molecule has 0 spiro atoms. The molecular formula is C15H11F3O2S. The first-order valence-corrected chi connectivity index (χ1v) is 6.75. The zero-order valence-corrected chi connectivity index (χ0v) is 11.8. The van der Waals surface area contributed by atoms with Crippen LogP contribution in [0, 0.1) is 17.7 Å². The summed E-state index contributed by atoms with van der Waals surface area (Å²) in [7, 11) is 1.41. The molecular weight excluding hydrogens is 301 g/mol. The van der Waals surface area contributed by atoms with E-state index in [1.165, 1.54) is 37.4 Å². The molecule has 21 heavy (non-hydrogen) atoms. The van der Waals surface area contributed by atoms with Crippen molar-refractivity contribution in [1.82, 2.24) is 0 Å². The Morgan fingerprint density at radius 1 is 1.19 bits per heavy atom. The molecule has 0 saturated heterocycles. The molecule has 0 aliphatic rings. The molecule has 0 N–H and O–H groups in total. The summed E-state index contributed by atoms with van der Waals surface area (Å²) < 4.78 is 48.1. The second kappa shape index (κ2) is 7.04. The van der Waals surface area contributed by atoms with Gasteiger partial charge in [0, 0.05) is 6.07 Å². The van der Waals surface area contributed by atoms with E-state index in [1.54, 1.807) is 0 Å². The predicted molar refractivity (Wildman–Crippen MR) is 74.6 cm³/mol. The number of alkyl halides is 2.